The molecule has 2 N–H and O–H groups in total. The molecule has 1 saturated carbocycles. The van der Waals surface area contributed by atoms with Gasteiger partial charge in [-0.05, 0) is 77.0 Å². The summed E-state index contributed by atoms with van der Waals surface area (Å²) in [7, 11) is 0. The van der Waals surface area contributed by atoms with E-state index >= 15 is 8.78 Å². The predicted octanol–water partition coefficient (Wildman–Crippen LogP) is 6.58. The zero-order chi connectivity index (χ0) is 40.0. The Morgan fingerprint density at radius 2 is 1.81 bits per heavy atom. The molecule has 4 atom stereocenters. The number of nitrogens with one attached hydrogen (secondary N) is 1. The van der Waals surface area contributed by atoms with Crippen LogP contribution in [0.2, 0.25) is 0 Å². The van der Waals surface area contributed by atoms with Crippen LogP contribution in [0, 0.1) is 22.9 Å². The molecule has 4 aromatic rings. The first-order valence-corrected chi connectivity index (χ1v) is 19.4. The third-order valence-electron chi connectivity index (χ3n) is 11.7. The number of hydrogen-bond acceptors (Lipinski definition) is 11. The number of carboxylic acid groups (broad SMARTS) is 1. The molecule has 2 bridgehead atoms. The first-order valence-electron chi connectivity index (χ1n) is 19.4. The molecule has 57 heavy (non-hydrogen) atoms. The second-order valence-electron chi connectivity index (χ2n) is 16.9. The molecule has 2 amide bonds. The van der Waals surface area contributed by atoms with Crippen LogP contribution in [0.5, 0.6) is 11.9 Å². The minimum atomic E-state index is -1.24. The topological polar surface area (TPSA) is 152 Å². The van der Waals surface area contributed by atoms with Crippen LogP contribution in [0.25, 0.3) is 32.9 Å². The van der Waals surface area contributed by atoms with Gasteiger partial charge in [0.2, 0.25) is 5.88 Å². The fourth-order valence-electron chi connectivity index (χ4n) is 9.01. The van der Waals surface area contributed by atoms with Crippen molar-refractivity contribution >= 4 is 45.4 Å². The van der Waals surface area contributed by atoms with E-state index in [0.29, 0.717) is 31.9 Å². The van der Waals surface area contributed by atoms with Gasteiger partial charge in [0.1, 0.15) is 34.1 Å². The number of halogens is 3. The maximum Gasteiger partial charge on any atom is 0.412 e. The average Bonchev–Trinajstić information content (AvgIpc) is 3.87. The van der Waals surface area contributed by atoms with Crippen LogP contribution in [-0.2, 0) is 9.47 Å². The number of anilines is 2. The van der Waals surface area contributed by atoms with E-state index in [1.54, 1.807) is 27.7 Å². The molecule has 2 aromatic carbocycles. The van der Waals surface area contributed by atoms with E-state index in [-0.39, 0.29) is 69.4 Å². The number of carbonyl (C=O) groups is 2. The van der Waals surface area contributed by atoms with Crippen molar-refractivity contribution in [2.75, 3.05) is 56.2 Å². The normalized spacial score (nSPS) is 23.8. The Morgan fingerprint density at radius 3 is 2.53 bits per heavy atom. The first-order chi connectivity index (χ1) is 27.2. The molecule has 6 heterocycles. The van der Waals surface area contributed by atoms with Crippen LogP contribution >= 0.6 is 0 Å². The summed E-state index contributed by atoms with van der Waals surface area (Å²) in [6.45, 7) is 11.2. The molecule has 4 unspecified atom stereocenters. The zero-order valence-electron chi connectivity index (χ0n) is 32.1. The quantitative estimate of drug-likeness (QED) is 0.208. The van der Waals surface area contributed by atoms with E-state index in [1.165, 1.54) is 23.1 Å². The van der Waals surface area contributed by atoms with Gasteiger partial charge >= 0.3 is 18.2 Å². The number of piperazine rings is 1. The van der Waals surface area contributed by atoms with Gasteiger partial charge in [-0.15, -0.1) is 0 Å². The van der Waals surface area contributed by atoms with E-state index in [9.17, 15) is 19.1 Å². The molecule has 302 valence electrons. The lowest BCUT2D eigenvalue weighted by Crippen LogP contribution is -2.64. The SMILES string of the molecule is CC1Oc2nc(-c3cc(NC(=O)OC(C)(C)C)cc4ccc(F)c(F)c34)c(F)c3nc(OCC4(CN5CCOCC5)CC4)nc(c23)N2CC3CCC(C12)N3C(=O)O. The number of morpholine rings is 1. The molecule has 5 aliphatic rings. The van der Waals surface area contributed by atoms with Crippen LogP contribution in [-0.4, -0.2) is 118 Å². The Balaban J connectivity index is 1.20. The molecule has 2 aromatic heterocycles. The average molecular weight is 792 g/mol. The van der Waals surface area contributed by atoms with Crippen molar-refractivity contribution in [3.8, 4) is 23.1 Å². The standard InChI is InChI=1S/C40H44F3N7O7/c1-20-33-26-8-6-23(50(26)38(52)53)17-49(33)34-28-32(46-36(47-34)55-19-40(9-10-40)18-48-11-13-54-14-12-48)30(43)31(45-35(28)56-20)24-16-22(44-37(51)57-39(2,3)4)15-21-5-7-25(41)29(42)27(21)24/h5,7,15-16,20,23,26,33H,6,8-14,17-19H2,1-4H3,(H,44,51)(H,52,53). The highest BCUT2D eigenvalue weighted by Gasteiger charge is 2.53. The van der Waals surface area contributed by atoms with Gasteiger partial charge in [0.15, 0.2) is 17.5 Å². The van der Waals surface area contributed by atoms with E-state index in [1.807, 2.05) is 4.90 Å². The Kier molecular flexibility index (Phi) is 9.03. The number of benzene rings is 2. The number of amides is 2. The van der Waals surface area contributed by atoms with Gasteiger partial charge in [-0.25, -0.2) is 27.7 Å². The van der Waals surface area contributed by atoms with Crippen molar-refractivity contribution < 1.29 is 46.8 Å². The van der Waals surface area contributed by atoms with Gasteiger partial charge in [0.25, 0.3) is 0 Å². The fraction of sp³-hybridized carbons (Fsp3) is 0.525. The smallest absolute Gasteiger partial charge is 0.412 e. The number of fused-ring (bicyclic) bond motifs is 6. The molecule has 0 spiro atoms. The summed E-state index contributed by atoms with van der Waals surface area (Å²) in [5.74, 6) is -3.15. The number of carbonyl (C=O) groups excluding carboxylic acids is 1. The van der Waals surface area contributed by atoms with Crippen molar-refractivity contribution in [2.45, 2.75) is 83.2 Å². The number of hydrogen-bond donors (Lipinski definition) is 2. The second-order valence-corrected chi connectivity index (χ2v) is 16.9. The molecule has 4 aliphatic heterocycles. The third-order valence-corrected chi connectivity index (χ3v) is 11.7. The molecule has 0 radical (unpaired) electrons. The summed E-state index contributed by atoms with van der Waals surface area (Å²) in [5, 5.41) is 12.9. The maximum absolute atomic E-state index is 17.5. The van der Waals surface area contributed by atoms with Gasteiger partial charge in [-0.3, -0.25) is 15.1 Å². The summed E-state index contributed by atoms with van der Waals surface area (Å²) in [6, 6.07) is 3.58. The zero-order valence-corrected chi connectivity index (χ0v) is 32.1. The number of pyridine rings is 1. The largest absolute Gasteiger partial charge is 0.472 e. The van der Waals surface area contributed by atoms with Crippen molar-refractivity contribution in [1.82, 2.24) is 24.8 Å². The van der Waals surface area contributed by atoms with Crippen molar-refractivity contribution in [1.29, 1.82) is 0 Å². The number of rotatable bonds is 7. The van der Waals surface area contributed by atoms with Gasteiger partial charge in [0, 0.05) is 48.2 Å². The second kappa shape index (κ2) is 13.7. The van der Waals surface area contributed by atoms with E-state index < -0.39 is 59.1 Å². The monoisotopic (exact) mass is 791 g/mol. The molecular formula is C40H44F3N7O7. The lowest BCUT2D eigenvalue weighted by molar-refractivity contribution is 0.0231. The minimum absolute atomic E-state index is 0.0657. The van der Waals surface area contributed by atoms with Crippen LogP contribution < -0.4 is 19.7 Å². The molecule has 4 fully saturated rings. The van der Waals surface area contributed by atoms with E-state index in [4.69, 9.17) is 23.9 Å². The first kappa shape index (κ1) is 37.4. The van der Waals surface area contributed by atoms with Gasteiger partial charge in [-0.2, -0.15) is 9.97 Å². The highest BCUT2D eigenvalue weighted by molar-refractivity contribution is 6.04. The summed E-state index contributed by atoms with van der Waals surface area (Å²) < 4.78 is 72.1. The molecule has 17 heteroatoms. The lowest BCUT2D eigenvalue weighted by Gasteiger charge is -2.47. The van der Waals surface area contributed by atoms with Crippen LogP contribution in [0.15, 0.2) is 24.3 Å². The Hall–Kier alpha value is -5.16. The van der Waals surface area contributed by atoms with Gasteiger partial charge in [-0.1, -0.05) is 6.07 Å². The fourth-order valence-corrected chi connectivity index (χ4v) is 9.01. The molecule has 14 nitrogen and oxygen atoms in total. The summed E-state index contributed by atoms with van der Waals surface area (Å²) in [5.41, 5.74) is -1.67. The highest BCUT2D eigenvalue weighted by atomic mass is 19.2. The van der Waals surface area contributed by atoms with Gasteiger partial charge in [0.05, 0.1) is 37.9 Å². The van der Waals surface area contributed by atoms with Crippen molar-refractivity contribution in [3.05, 3.63) is 41.7 Å². The van der Waals surface area contributed by atoms with Crippen LogP contribution in [0.3, 0.4) is 0 Å². The molecule has 1 aliphatic carbocycles. The Labute approximate surface area is 326 Å². The lowest BCUT2D eigenvalue weighted by atomic mass is 9.98. The van der Waals surface area contributed by atoms with Crippen LogP contribution in [0.1, 0.15) is 53.4 Å². The molecule has 3 saturated heterocycles. The van der Waals surface area contributed by atoms with Crippen molar-refractivity contribution in [3.63, 3.8) is 0 Å². The van der Waals surface area contributed by atoms with E-state index in [2.05, 4.69) is 20.2 Å². The minimum Gasteiger partial charge on any atom is -0.472 e. The Morgan fingerprint density at radius 1 is 1.04 bits per heavy atom. The third kappa shape index (κ3) is 6.77. The summed E-state index contributed by atoms with van der Waals surface area (Å²) in [6.07, 6.45) is 0.578. The van der Waals surface area contributed by atoms with Gasteiger partial charge < -0.3 is 29.0 Å². The number of aromatic nitrogens is 3. The number of nitrogens with zero attached hydrogens (tertiary/aromatic N) is 6. The number of ether oxygens (including phenoxy) is 4. The molecule has 9 rings (SSSR count). The van der Waals surface area contributed by atoms with Crippen molar-refractivity contribution in [2.24, 2.45) is 5.41 Å². The maximum atomic E-state index is 17.5. The summed E-state index contributed by atoms with van der Waals surface area (Å²) >= 11 is 0. The van der Waals surface area contributed by atoms with E-state index in [0.717, 1.165) is 38.5 Å². The van der Waals surface area contributed by atoms with Crippen LogP contribution in [0.4, 0.5) is 34.3 Å². The Bertz CT molecular complexity index is 2300. The predicted molar refractivity (Wildman–Crippen MR) is 202 cm³/mol. The highest BCUT2D eigenvalue weighted by Crippen LogP contribution is 2.49. The molecular weight excluding hydrogens is 747 g/mol. The summed E-state index contributed by atoms with van der Waals surface area (Å²) in [4.78, 5) is 45.3.